The number of rotatable bonds is 6. The van der Waals surface area contributed by atoms with Gasteiger partial charge in [-0.05, 0) is 58.3 Å². The Labute approximate surface area is 207 Å². The van der Waals surface area contributed by atoms with Gasteiger partial charge in [0.2, 0.25) is 4.77 Å². The van der Waals surface area contributed by atoms with Crippen molar-refractivity contribution >= 4 is 18.1 Å². The molecule has 3 rings (SSSR count). The molecule has 0 unspecified atom stereocenters. The molecule has 0 atom stereocenters. The van der Waals surface area contributed by atoms with Crippen molar-refractivity contribution in [1.82, 2.24) is 14.3 Å². The molecule has 1 N–H and O–H groups in total. The Kier molecular flexibility index (Phi) is 7.32. The predicted molar refractivity (Wildman–Crippen MR) is 140 cm³/mol. The first kappa shape index (κ1) is 25.6. The minimum Gasteiger partial charge on any atom is -0.507 e. The van der Waals surface area contributed by atoms with Gasteiger partial charge >= 0.3 is 0 Å². The smallest absolute Gasteiger partial charge is 0.280 e. The molecule has 0 aliphatic carbocycles. The van der Waals surface area contributed by atoms with Crippen LogP contribution in [0.15, 0.2) is 55.1 Å². The van der Waals surface area contributed by atoms with E-state index in [4.69, 9.17) is 12.2 Å². The van der Waals surface area contributed by atoms with Crippen LogP contribution in [0.25, 0.3) is 0 Å². The number of phenols is 1. The molecule has 1 heterocycles. The van der Waals surface area contributed by atoms with Crippen molar-refractivity contribution in [3.05, 3.63) is 88.0 Å². The number of hydrogen-bond acceptors (Lipinski definition) is 4. The maximum Gasteiger partial charge on any atom is 0.280 e. The molecule has 3 aromatic rings. The Morgan fingerprint density at radius 3 is 2.09 bits per heavy atom. The van der Waals surface area contributed by atoms with Crippen molar-refractivity contribution in [2.24, 2.45) is 0 Å². The van der Waals surface area contributed by atoms with Gasteiger partial charge in [-0.1, -0.05) is 78.0 Å². The molecule has 0 fully saturated rings. The van der Waals surface area contributed by atoms with E-state index in [1.165, 1.54) is 4.68 Å². The molecule has 0 radical (unpaired) electrons. The molecule has 0 saturated carbocycles. The number of allylic oxidation sites excluding steroid dienone is 1. The van der Waals surface area contributed by atoms with E-state index in [9.17, 15) is 9.90 Å². The monoisotopic (exact) mass is 477 g/mol. The van der Waals surface area contributed by atoms with E-state index in [0.717, 1.165) is 22.5 Å². The summed E-state index contributed by atoms with van der Waals surface area (Å²) in [6.45, 7) is 17.0. The van der Waals surface area contributed by atoms with Gasteiger partial charge in [0.25, 0.3) is 5.91 Å². The molecule has 6 heteroatoms. The van der Waals surface area contributed by atoms with Gasteiger partial charge in [0.15, 0.2) is 0 Å². The Bertz CT molecular complexity index is 1220. The lowest BCUT2D eigenvalue weighted by molar-refractivity contribution is 0.0942. The highest BCUT2D eigenvalue weighted by molar-refractivity contribution is 7.71. The molecule has 1 aromatic heterocycles. The van der Waals surface area contributed by atoms with Crippen LogP contribution in [0.1, 0.15) is 74.4 Å². The zero-order valence-corrected chi connectivity index (χ0v) is 21.9. The Morgan fingerprint density at radius 1 is 1.03 bits per heavy atom. The number of aromatic hydroxyl groups is 1. The van der Waals surface area contributed by atoms with Crippen molar-refractivity contribution in [3.63, 3.8) is 0 Å². The average Bonchev–Trinajstić information content (AvgIpc) is 3.07. The van der Waals surface area contributed by atoms with Crippen LogP contribution in [0.4, 0.5) is 0 Å². The summed E-state index contributed by atoms with van der Waals surface area (Å²) in [5.74, 6) is 0.859. The number of nitrogens with zero attached hydrogens (tertiary/aromatic N) is 3. The standard InChI is InChI=1S/C28H35N3O2S/c1-8-16-30-23(29-31(26(30)34)25(33)20-12-10-9-11-13-20)15-14-19-17-21(27(2,3)4)24(32)22(18-19)28(5,6)7/h8-13,17-18,32H,1,14-16H2,2-7H3. The molecule has 0 bridgehead atoms. The molecule has 2 aromatic carbocycles. The maximum atomic E-state index is 13.0. The fourth-order valence-electron chi connectivity index (χ4n) is 4.01. The summed E-state index contributed by atoms with van der Waals surface area (Å²) in [6, 6.07) is 13.2. The highest BCUT2D eigenvalue weighted by Crippen LogP contribution is 2.40. The van der Waals surface area contributed by atoms with Gasteiger partial charge in [0, 0.05) is 18.5 Å². The minimum atomic E-state index is -0.246. The van der Waals surface area contributed by atoms with E-state index >= 15 is 0 Å². The topological polar surface area (TPSA) is 60.0 Å². The number of phenolic OH excluding ortho intramolecular Hbond substituents is 1. The van der Waals surface area contributed by atoms with Crippen LogP contribution in [-0.4, -0.2) is 25.4 Å². The van der Waals surface area contributed by atoms with Crippen LogP contribution in [0.3, 0.4) is 0 Å². The van der Waals surface area contributed by atoms with E-state index in [1.54, 1.807) is 18.2 Å². The van der Waals surface area contributed by atoms with E-state index in [2.05, 4.69) is 65.4 Å². The number of benzene rings is 2. The van der Waals surface area contributed by atoms with Crippen molar-refractivity contribution in [2.45, 2.75) is 71.8 Å². The number of hydrogen-bond donors (Lipinski definition) is 1. The first-order valence-corrected chi connectivity index (χ1v) is 12.0. The summed E-state index contributed by atoms with van der Waals surface area (Å²) >= 11 is 5.60. The van der Waals surface area contributed by atoms with Gasteiger partial charge in [-0.2, -0.15) is 4.68 Å². The third-order valence-corrected chi connectivity index (χ3v) is 6.28. The highest BCUT2D eigenvalue weighted by Gasteiger charge is 2.26. The van der Waals surface area contributed by atoms with Crippen LogP contribution in [0.2, 0.25) is 0 Å². The molecule has 0 saturated heterocycles. The second-order valence-electron chi connectivity index (χ2n) is 10.7. The Balaban J connectivity index is 2.00. The quantitative estimate of drug-likeness (QED) is 0.331. The third kappa shape index (κ3) is 5.39. The third-order valence-electron chi connectivity index (χ3n) is 5.89. The number of carbonyl (C=O) groups excluding carboxylic acids is 1. The van der Waals surface area contributed by atoms with Crippen LogP contribution >= 0.6 is 12.2 Å². The largest absolute Gasteiger partial charge is 0.507 e. The zero-order valence-electron chi connectivity index (χ0n) is 21.1. The minimum absolute atomic E-state index is 0.194. The fourth-order valence-corrected chi connectivity index (χ4v) is 4.31. The molecule has 180 valence electrons. The first-order valence-electron chi connectivity index (χ1n) is 11.6. The average molecular weight is 478 g/mol. The van der Waals surface area contributed by atoms with Gasteiger partial charge in [-0.25, -0.2) is 0 Å². The van der Waals surface area contributed by atoms with E-state index < -0.39 is 0 Å². The predicted octanol–water partition coefficient (Wildman–Crippen LogP) is 6.37. The lowest BCUT2D eigenvalue weighted by atomic mass is 9.78. The van der Waals surface area contributed by atoms with Crippen molar-refractivity contribution < 1.29 is 9.90 Å². The van der Waals surface area contributed by atoms with Crippen LogP contribution in [0.5, 0.6) is 5.75 Å². The highest BCUT2D eigenvalue weighted by atomic mass is 32.1. The van der Waals surface area contributed by atoms with Gasteiger partial charge in [-0.15, -0.1) is 11.7 Å². The summed E-state index contributed by atoms with van der Waals surface area (Å²) in [6.07, 6.45) is 3.06. The molecule has 34 heavy (non-hydrogen) atoms. The summed E-state index contributed by atoms with van der Waals surface area (Å²) < 4.78 is 3.53. The van der Waals surface area contributed by atoms with E-state index in [-0.39, 0.29) is 16.7 Å². The Hall–Kier alpha value is -2.99. The van der Waals surface area contributed by atoms with Gasteiger partial charge in [-0.3, -0.25) is 9.36 Å². The Morgan fingerprint density at radius 2 is 1.59 bits per heavy atom. The molecule has 0 aliphatic rings. The molecular weight excluding hydrogens is 442 g/mol. The lowest BCUT2D eigenvalue weighted by Crippen LogP contribution is -2.18. The lowest BCUT2D eigenvalue weighted by Gasteiger charge is -2.28. The number of carbonyl (C=O) groups is 1. The second kappa shape index (κ2) is 9.71. The second-order valence-corrected chi connectivity index (χ2v) is 11.1. The molecule has 0 aliphatic heterocycles. The van der Waals surface area contributed by atoms with Gasteiger partial charge < -0.3 is 5.11 Å². The normalized spacial score (nSPS) is 12.1. The number of aromatic nitrogens is 3. The maximum absolute atomic E-state index is 13.0. The first-order chi connectivity index (χ1) is 15.8. The van der Waals surface area contributed by atoms with Gasteiger partial charge in [0.1, 0.15) is 11.6 Å². The van der Waals surface area contributed by atoms with Gasteiger partial charge in [0.05, 0.1) is 0 Å². The van der Waals surface area contributed by atoms with Crippen LogP contribution < -0.4 is 0 Å². The van der Waals surface area contributed by atoms with Crippen molar-refractivity contribution in [2.75, 3.05) is 0 Å². The van der Waals surface area contributed by atoms with Crippen LogP contribution in [0, 0.1) is 4.77 Å². The molecule has 0 spiro atoms. The summed E-state index contributed by atoms with van der Waals surface area (Å²) in [7, 11) is 0. The van der Waals surface area contributed by atoms with Crippen LogP contribution in [-0.2, 0) is 30.2 Å². The summed E-state index contributed by atoms with van der Waals surface area (Å²) in [5, 5.41) is 15.6. The molecular formula is C28H35N3O2S. The van der Waals surface area contributed by atoms with E-state index in [1.807, 2.05) is 22.8 Å². The van der Waals surface area contributed by atoms with Crippen molar-refractivity contribution in [1.29, 1.82) is 0 Å². The molecule has 0 amide bonds. The number of aryl methyl sites for hydroxylation is 2. The zero-order chi connectivity index (χ0) is 25.3. The summed E-state index contributed by atoms with van der Waals surface area (Å²) in [5.41, 5.74) is 3.13. The molecule has 5 nitrogen and oxygen atoms in total. The van der Waals surface area contributed by atoms with E-state index in [0.29, 0.717) is 35.5 Å². The summed E-state index contributed by atoms with van der Waals surface area (Å²) in [4.78, 5) is 13.0. The fraction of sp³-hybridized carbons (Fsp3) is 0.393. The van der Waals surface area contributed by atoms with Crippen molar-refractivity contribution in [3.8, 4) is 5.75 Å². The SMILES string of the molecule is C=CCn1c(CCc2cc(C(C)(C)C)c(O)c(C(C)(C)C)c2)nn(C(=O)c2ccccc2)c1=S.